The highest BCUT2D eigenvalue weighted by Gasteiger charge is 2.32. The van der Waals surface area contributed by atoms with Crippen LogP contribution < -0.4 is 16.2 Å². The second kappa shape index (κ2) is 2.81. The number of aromatic nitrogens is 2. The number of hydrogen-bond acceptors (Lipinski definition) is 5. The molecule has 1 aromatic heterocycles. The van der Waals surface area contributed by atoms with Gasteiger partial charge in [0.2, 0.25) is 0 Å². The first-order valence-corrected chi connectivity index (χ1v) is 4.97. The van der Waals surface area contributed by atoms with Crippen molar-refractivity contribution in [2.45, 2.75) is 18.8 Å². The summed E-state index contributed by atoms with van der Waals surface area (Å²) >= 11 is 0. The van der Waals surface area contributed by atoms with Gasteiger partial charge >= 0.3 is 0 Å². The molecular formula is C9H13N5. The van der Waals surface area contributed by atoms with E-state index >= 15 is 0 Å². The summed E-state index contributed by atoms with van der Waals surface area (Å²) < 4.78 is 0. The summed E-state index contributed by atoms with van der Waals surface area (Å²) in [4.78, 5) is 2.37. The molecule has 3 aliphatic rings. The maximum atomic E-state index is 5.31. The van der Waals surface area contributed by atoms with E-state index in [-0.39, 0.29) is 0 Å². The van der Waals surface area contributed by atoms with Crippen molar-refractivity contribution in [3.63, 3.8) is 0 Å². The van der Waals surface area contributed by atoms with Crippen molar-refractivity contribution in [3.8, 4) is 0 Å². The molecule has 0 amide bonds. The molecule has 0 saturated carbocycles. The third-order valence-electron chi connectivity index (χ3n) is 3.17. The molecule has 1 fully saturated rings. The quantitative estimate of drug-likeness (QED) is 0.498. The highest BCUT2D eigenvalue weighted by molar-refractivity contribution is 5.60. The Bertz CT molecular complexity index is 356. The smallest absolute Gasteiger partial charge is 0.164 e. The molecule has 3 N–H and O–H groups in total. The van der Waals surface area contributed by atoms with Crippen molar-refractivity contribution in [3.05, 3.63) is 11.8 Å². The minimum atomic E-state index is 0.620. The minimum absolute atomic E-state index is 0.620. The van der Waals surface area contributed by atoms with Crippen LogP contribution in [0.4, 0.5) is 11.5 Å². The molecule has 0 aromatic carbocycles. The Hall–Kier alpha value is -1.36. The molecule has 4 rings (SSSR count). The number of fused-ring (bicyclic) bond motifs is 2. The summed E-state index contributed by atoms with van der Waals surface area (Å²) in [5.41, 5.74) is 4.91. The van der Waals surface area contributed by atoms with Crippen LogP contribution in [0.1, 0.15) is 24.5 Å². The summed E-state index contributed by atoms with van der Waals surface area (Å²) in [6, 6.07) is 1.99. The van der Waals surface area contributed by atoms with Crippen LogP contribution in [0.5, 0.6) is 0 Å². The van der Waals surface area contributed by atoms with Crippen LogP contribution in [0.3, 0.4) is 0 Å². The Balaban J connectivity index is 2.11. The van der Waals surface area contributed by atoms with E-state index in [0.29, 0.717) is 11.7 Å². The number of nitrogen functional groups attached to an aromatic ring is 1. The van der Waals surface area contributed by atoms with Gasteiger partial charge in [-0.05, 0) is 12.8 Å². The molecule has 1 aromatic rings. The number of rotatable bonds is 1. The van der Waals surface area contributed by atoms with Crippen LogP contribution in [0.2, 0.25) is 0 Å². The molecule has 5 heteroatoms. The van der Waals surface area contributed by atoms with Crippen molar-refractivity contribution in [1.82, 2.24) is 10.2 Å². The third-order valence-corrected chi connectivity index (χ3v) is 3.17. The van der Waals surface area contributed by atoms with Crippen LogP contribution in [0.25, 0.3) is 0 Å². The Kier molecular flexibility index (Phi) is 1.61. The number of nitrogens with one attached hydrogen (secondary N) is 1. The van der Waals surface area contributed by atoms with E-state index in [9.17, 15) is 0 Å². The first-order chi connectivity index (χ1) is 6.88. The van der Waals surface area contributed by atoms with Gasteiger partial charge in [0.15, 0.2) is 5.82 Å². The highest BCUT2D eigenvalue weighted by atomic mass is 15.3. The number of hydrogen-bond donors (Lipinski definition) is 2. The second-order valence-electron chi connectivity index (χ2n) is 3.91. The average Bonchev–Trinajstić information content (AvgIpc) is 2.30. The van der Waals surface area contributed by atoms with E-state index in [4.69, 9.17) is 5.84 Å². The van der Waals surface area contributed by atoms with Crippen molar-refractivity contribution < 1.29 is 0 Å². The number of anilines is 2. The predicted molar refractivity (Wildman–Crippen MR) is 54.0 cm³/mol. The molecule has 0 aliphatic carbocycles. The van der Waals surface area contributed by atoms with Gasteiger partial charge in [0.25, 0.3) is 0 Å². The molecule has 0 radical (unpaired) electrons. The minimum Gasteiger partial charge on any atom is -0.370 e. The van der Waals surface area contributed by atoms with Crippen molar-refractivity contribution in [1.29, 1.82) is 0 Å². The van der Waals surface area contributed by atoms with Crippen LogP contribution in [0, 0.1) is 0 Å². The van der Waals surface area contributed by atoms with Crippen LogP contribution in [-0.4, -0.2) is 23.3 Å². The number of piperidine rings is 1. The molecule has 4 heterocycles. The Morgan fingerprint density at radius 3 is 2.86 bits per heavy atom. The van der Waals surface area contributed by atoms with Crippen molar-refractivity contribution in [2.24, 2.45) is 5.84 Å². The number of hydrazine groups is 1. The zero-order chi connectivity index (χ0) is 9.54. The van der Waals surface area contributed by atoms with Gasteiger partial charge in [0.1, 0.15) is 0 Å². The fourth-order valence-electron chi connectivity index (χ4n) is 2.40. The van der Waals surface area contributed by atoms with Crippen LogP contribution in [-0.2, 0) is 0 Å². The lowest BCUT2D eigenvalue weighted by Crippen LogP contribution is -2.39. The summed E-state index contributed by atoms with van der Waals surface area (Å²) in [5.74, 6) is 6.58. The average molecular weight is 191 g/mol. The van der Waals surface area contributed by atoms with Crippen molar-refractivity contribution in [2.75, 3.05) is 23.4 Å². The van der Waals surface area contributed by atoms with Crippen LogP contribution >= 0.6 is 0 Å². The SMILES string of the molecule is NNc1cc2c(nn1)C1CCN2CC1. The van der Waals surface area contributed by atoms with Crippen LogP contribution in [0.15, 0.2) is 6.07 Å². The molecule has 1 saturated heterocycles. The number of nitrogens with zero attached hydrogens (tertiary/aromatic N) is 3. The molecule has 3 aliphatic heterocycles. The monoisotopic (exact) mass is 191 g/mol. The largest absolute Gasteiger partial charge is 0.370 e. The van der Waals surface area contributed by atoms with E-state index in [1.165, 1.54) is 18.5 Å². The molecule has 74 valence electrons. The molecule has 14 heavy (non-hydrogen) atoms. The van der Waals surface area contributed by atoms with Gasteiger partial charge < -0.3 is 10.3 Å². The summed E-state index contributed by atoms with van der Waals surface area (Å²) in [5, 5.41) is 8.26. The zero-order valence-corrected chi connectivity index (χ0v) is 7.90. The van der Waals surface area contributed by atoms with E-state index < -0.39 is 0 Å². The Morgan fingerprint density at radius 1 is 1.36 bits per heavy atom. The first kappa shape index (κ1) is 7.99. The lowest BCUT2D eigenvalue weighted by molar-refractivity contribution is 0.459. The van der Waals surface area contributed by atoms with Gasteiger partial charge in [0.05, 0.1) is 11.4 Å². The van der Waals surface area contributed by atoms with E-state index in [0.717, 1.165) is 18.8 Å². The second-order valence-corrected chi connectivity index (χ2v) is 3.91. The fraction of sp³-hybridized carbons (Fsp3) is 0.556. The highest BCUT2D eigenvalue weighted by Crippen LogP contribution is 2.40. The normalized spacial score (nSPS) is 19.6. The summed E-state index contributed by atoms with van der Waals surface area (Å²) in [6.45, 7) is 2.29. The Labute approximate surface area is 82.3 Å². The lowest BCUT2D eigenvalue weighted by atomic mass is 9.87. The summed E-state index contributed by atoms with van der Waals surface area (Å²) in [6.07, 6.45) is 2.44. The fourth-order valence-corrected chi connectivity index (χ4v) is 2.40. The molecule has 0 spiro atoms. The molecule has 0 atom stereocenters. The molecule has 2 bridgehead atoms. The van der Waals surface area contributed by atoms with Gasteiger partial charge in [-0.15, -0.1) is 5.10 Å². The Morgan fingerprint density at radius 2 is 2.14 bits per heavy atom. The maximum absolute atomic E-state index is 5.31. The van der Waals surface area contributed by atoms with E-state index in [1.54, 1.807) is 0 Å². The standard InChI is InChI=1S/C9H13N5/c10-11-8-5-7-9(13-12-8)6-1-3-14(7)4-2-6/h5-6H,1-4,10H2,(H,11,12). The van der Waals surface area contributed by atoms with Crippen molar-refractivity contribution >= 4 is 11.5 Å². The van der Waals surface area contributed by atoms with E-state index in [2.05, 4.69) is 20.5 Å². The first-order valence-electron chi connectivity index (χ1n) is 4.97. The summed E-state index contributed by atoms with van der Waals surface area (Å²) in [7, 11) is 0. The van der Waals surface area contributed by atoms with Gasteiger partial charge in [-0.3, -0.25) is 0 Å². The van der Waals surface area contributed by atoms with Gasteiger partial charge in [0, 0.05) is 25.1 Å². The zero-order valence-electron chi connectivity index (χ0n) is 7.90. The van der Waals surface area contributed by atoms with Gasteiger partial charge in [-0.2, -0.15) is 5.10 Å². The lowest BCUT2D eigenvalue weighted by Gasteiger charge is -2.40. The molecular weight excluding hydrogens is 178 g/mol. The predicted octanol–water partition coefficient (Wildman–Crippen LogP) is 0.460. The topological polar surface area (TPSA) is 67.1 Å². The third kappa shape index (κ3) is 0.988. The number of nitrogens with two attached hydrogens (primary N) is 1. The molecule has 5 nitrogen and oxygen atoms in total. The van der Waals surface area contributed by atoms with E-state index in [1.807, 2.05) is 6.07 Å². The van der Waals surface area contributed by atoms with Gasteiger partial charge in [-0.25, -0.2) is 5.84 Å². The molecule has 0 unspecified atom stereocenters. The maximum Gasteiger partial charge on any atom is 0.164 e. The van der Waals surface area contributed by atoms with Gasteiger partial charge in [-0.1, -0.05) is 0 Å².